The minimum Gasteiger partial charge on any atom is -0.347 e. The second-order valence-electron chi connectivity index (χ2n) is 3.14. The fourth-order valence-electron chi connectivity index (χ4n) is 1.20. The van der Waals surface area contributed by atoms with E-state index in [0.717, 1.165) is 5.56 Å². The molecule has 0 radical (unpaired) electrons. The Labute approximate surface area is 92.6 Å². The Bertz CT molecular complexity index is 458. The summed E-state index contributed by atoms with van der Waals surface area (Å²) in [5, 5.41) is 2.75. The number of carbonyl (C=O) groups excluding carboxylic acids is 1. The summed E-state index contributed by atoms with van der Waals surface area (Å²) in [5.41, 5.74) is 1.31. The van der Waals surface area contributed by atoms with Crippen molar-refractivity contribution in [1.29, 1.82) is 0 Å². The number of nitrogens with one attached hydrogen (secondary N) is 1. The maximum absolute atomic E-state index is 11.6. The lowest BCUT2D eigenvalue weighted by Crippen LogP contribution is -2.23. The van der Waals surface area contributed by atoms with E-state index in [-0.39, 0.29) is 5.91 Å². The van der Waals surface area contributed by atoms with E-state index in [2.05, 4.69) is 20.3 Å². The van der Waals surface area contributed by atoms with Crippen LogP contribution in [0.5, 0.6) is 0 Å². The van der Waals surface area contributed by atoms with Crippen molar-refractivity contribution in [3.05, 3.63) is 54.4 Å². The Morgan fingerprint density at radius 1 is 1.25 bits per heavy atom. The van der Waals surface area contributed by atoms with Gasteiger partial charge >= 0.3 is 0 Å². The Kier molecular flexibility index (Phi) is 3.18. The molecule has 0 aliphatic heterocycles. The summed E-state index contributed by atoms with van der Waals surface area (Å²) in [6, 6.07) is 5.29. The summed E-state index contributed by atoms with van der Waals surface area (Å²) < 4.78 is 0. The molecule has 5 heteroatoms. The first-order valence-corrected chi connectivity index (χ1v) is 4.79. The van der Waals surface area contributed by atoms with Gasteiger partial charge in [0.15, 0.2) is 0 Å². The van der Waals surface area contributed by atoms with Crippen molar-refractivity contribution in [2.45, 2.75) is 6.54 Å². The average Bonchev–Trinajstić information content (AvgIpc) is 2.38. The largest absolute Gasteiger partial charge is 0.347 e. The molecule has 5 nitrogen and oxygen atoms in total. The maximum atomic E-state index is 11.6. The van der Waals surface area contributed by atoms with Crippen LogP contribution in [-0.2, 0) is 6.54 Å². The van der Waals surface area contributed by atoms with Crippen LogP contribution in [0, 0.1) is 0 Å². The number of rotatable bonds is 3. The zero-order valence-electron chi connectivity index (χ0n) is 8.50. The molecule has 0 spiro atoms. The van der Waals surface area contributed by atoms with Crippen LogP contribution in [0.4, 0.5) is 0 Å². The number of amides is 1. The van der Waals surface area contributed by atoms with Gasteiger partial charge in [0.25, 0.3) is 5.91 Å². The van der Waals surface area contributed by atoms with E-state index < -0.39 is 0 Å². The van der Waals surface area contributed by atoms with Crippen LogP contribution in [0.2, 0.25) is 0 Å². The van der Waals surface area contributed by atoms with Crippen LogP contribution in [0.3, 0.4) is 0 Å². The highest BCUT2D eigenvalue weighted by Crippen LogP contribution is 1.96. The monoisotopic (exact) mass is 214 g/mol. The number of carbonyl (C=O) groups is 1. The van der Waals surface area contributed by atoms with Gasteiger partial charge in [-0.05, 0) is 17.7 Å². The van der Waals surface area contributed by atoms with Crippen LogP contribution in [0.1, 0.15) is 16.1 Å². The average molecular weight is 214 g/mol. The lowest BCUT2D eigenvalue weighted by atomic mass is 10.3. The quantitative estimate of drug-likeness (QED) is 0.820. The van der Waals surface area contributed by atoms with Crippen molar-refractivity contribution < 1.29 is 4.79 Å². The van der Waals surface area contributed by atoms with Gasteiger partial charge < -0.3 is 5.32 Å². The summed E-state index contributed by atoms with van der Waals surface area (Å²) in [5.74, 6) is -0.216. The molecule has 0 saturated carbocycles. The molecule has 0 aromatic carbocycles. The Hall–Kier alpha value is -2.30. The van der Waals surface area contributed by atoms with Gasteiger partial charge in [-0.15, -0.1) is 0 Å². The highest BCUT2D eigenvalue weighted by atomic mass is 16.1. The van der Waals surface area contributed by atoms with Gasteiger partial charge in [-0.3, -0.25) is 9.78 Å². The minimum atomic E-state index is -0.216. The normalized spacial score (nSPS) is 9.75. The molecule has 1 N–H and O–H groups in total. The third-order valence-electron chi connectivity index (χ3n) is 1.99. The molecule has 0 atom stereocenters. The lowest BCUT2D eigenvalue weighted by Gasteiger charge is -2.03. The number of nitrogens with zero attached hydrogens (tertiary/aromatic N) is 3. The van der Waals surface area contributed by atoms with Gasteiger partial charge in [0.1, 0.15) is 12.0 Å². The fourth-order valence-corrected chi connectivity index (χ4v) is 1.20. The van der Waals surface area contributed by atoms with Gasteiger partial charge in [-0.2, -0.15) is 0 Å². The van der Waals surface area contributed by atoms with Crippen LogP contribution in [-0.4, -0.2) is 20.9 Å². The molecule has 2 aromatic rings. The number of hydrogen-bond acceptors (Lipinski definition) is 4. The first-order chi connectivity index (χ1) is 7.86. The second-order valence-corrected chi connectivity index (χ2v) is 3.14. The summed E-state index contributed by atoms with van der Waals surface area (Å²) in [6.07, 6.45) is 6.28. The van der Waals surface area contributed by atoms with Crippen LogP contribution in [0.15, 0.2) is 43.1 Å². The zero-order chi connectivity index (χ0) is 11.2. The zero-order valence-corrected chi connectivity index (χ0v) is 8.50. The van der Waals surface area contributed by atoms with Gasteiger partial charge in [-0.1, -0.05) is 6.07 Å². The molecule has 0 fully saturated rings. The van der Waals surface area contributed by atoms with Crippen molar-refractivity contribution in [2.24, 2.45) is 0 Å². The summed E-state index contributed by atoms with van der Waals surface area (Å²) in [6.45, 7) is 0.441. The van der Waals surface area contributed by atoms with E-state index in [0.29, 0.717) is 12.2 Å². The van der Waals surface area contributed by atoms with Gasteiger partial charge in [-0.25, -0.2) is 9.97 Å². The standard InChI is InChI=1S/C11H10N4O/c16-11(10-3-5-13-8-15-10)14-7-9-2-1-4-12-6-9/h1-6,8H,7H2,(H,14,16). The van der Waals surface area contributed by atoms with Crippen molar-refractivity contribution in [2.75, 3.05) is 0 Å². The SMILES string of the molecule is O=C(NCc1cccnc1)c1ccncn1. The van der Waals surface area contributed by atoms with E-state index >= 15 is 0 Å². The molecule has 16 heavy (non-hydrogen) atoms. The van der Waals surface area contributed by atoms with Crippen LogP contribution >= 0.6 is 0 Å². The molecule has 0 bridgehead atoms. The highest BCUT2D eigenvalue weighted by molar-refractivity contribution is 5.91. The van der Waals surface area contributed by atoms with Gasteiger partial charge in [0, 0.05) is 25.1 Å². The molecular formula is C11H10N4O. The highest BCUT2D eigenvalue weighted by Gasteiger charge is 2.05. The minimum absolute atomic E-state index is 0.216. The van der Waals surface area contributed by atoms with Crippen molar-refractivity contribution in [3.8, 4) is 0 Å². The summed E-state index contributed by atoms with van der Waals surface area (Å²) >= 11 is 0. The molecule has 1 amide bonds. The number of hydrogen-bond donors (Lipinski definition) is 1. The molecule has 0 aliphatic rings. The van der Waals surface area contributed by atoms with E-state index in [4.69, 9.17) is 0 Å². The molecule has 0 saturated heterocycles. The van der Waals surface area contributed by atoms with Crippen molar-refractivity contribution in [3.63, 3.8) is 0 Å². The van der Waals surface area contributed by atoms with Crippen molar-refractivity contribution >= 4 is 5.91 Å². The van der Waals surface area contributed by atoms with E-state index in [1.165, 1.54) is 12.5 Å². The second kappa shape index (κ2) is 4.97. The Balaban J connectivity index is 1.95. The van der Waals surface area contributed by atoms with Crippen LogP contribution in [0.25, 0.3) is 0 Å². The van der Waals surface area contributed by atoms with E-state index in [9.17, 15) is 4.79 Å². The Morgan fingerprint density at radius 3 is 2.88 bits per heavy atom. The van der Waals surface area contributed by atoms with Gasteiger partial charge in [0.2, 0.25) is 0 Å². The predicted octanol–water partition coefficient (Wildman–Crippen LogP) is 0.802. The first kappa shape index (κ1) is 10.2. The molecule has 2 aromatic heterocycles. The number of pyridine rings is 1. The fraction of sp³-hybridized carbons (Fsp3) is 0.0909. The van der Waals surface area contributed by atoms with Crippen molar-refractivity contribution in [1.82, 2.24) is 20.3 Å². The molecule has 2 rings (SSSR count). The molecular weight excluding hydrogens is 204 g/mol. The molecule has 2 heterocycles. The van der Waals surface area contributed by atoms with E-state index in [1.807, 2.05) is 12.1 Å². The molecule has 0 aliphatic carbocycles. The van der Waals surface area contributed by atoms with Crippen LogP contribution < -0.4 is 5.32 Å². The summed E-state index contributed by atoms with van der Waals surface area (Å²) in [7, 11) is 0. The molecule has 80 valence electrons. The first-order valence-electron chi connectivity index (χ1n) is 4.79. The lowest BCUT2D eigenvalue weighted by molar-refractivity contribution is 0.0945. The topological polar surface area (TPSA) is 67.8 Å². The predicted molar refractivity (Wildman–Crippen MR) is 57.4 cm³/mol. The molecule has 0 unspecified atom stereocenters. The smallest absolute Gasteiger partial charge is 0.270 e. The summed E-state index contributed by atoms with van der Waals surface area (Å²) in [4.78, 5) is 23.2. The third-order valence-corrected chi connectivity index (χ3v) is 1.99. The maximum Gasteiger partial charge on any atom is 0.270 e. The number of aromatic nitrogens is 3. The Morgan fingerprint density at radius 2 is 2.19 bits per heavy atom. The van der Waals surface area contributed by atoms with Gasteiger partial charge in [0.05, 0.1) is 0 Å². The van der Waals surface area contributed by atoms with E-state index in [1.54, 1.807) is 18.5 Å². The third kappa shape index (κ3) is 2.60.